The SMILES string of the molecule is CCC1CC(c2ncc(-c3ccc4c(c3)C(F)(F)c3cc(-c5ccc6nc(C7[C@H]8CC[C@H](C8)N7C(=O)[C@@H](NC(=O)OC)C(C)C)[nH]c6c5)ccc3-4)[nH]2)N(C(=O)C(NC(=O)OC)C(C)C)C1. The van der Waals surface area contributed by atoms with Gasteiger partial charge < -0.3 is 39.9 Å². The summed E-state index contributed by atoms with van der Waals surface area (Å²) in [6, 6.07) is 13.7. The van der Waals surface area contributed by atoms with Gasteiger partial charge in [0.15, 0.2) is 0 Å². The fourth-order valence-electron chi connectivity index (χ4n) is 10.7. The number of fused-ring (bicyclic) bond motifs is 6. The van der Waals surface area contributed by atoms with E-state index in [9.17, 15) is 19.2 Å². The first-order chi connectivity index (χ1) is 31.1. The number of carbonyl (C=O) groups is 4. The van der Waals surface area contributed by atoms with Gasteiger partial charge in [0.05, 0.1) is 49.2 Å². The quantitative estimate of drug-likeness (QED) is 0.102. The predicted octanol–water partition coefficient (Wildman–Crippen LogP) is 8.85. The molecule has 0 spiro atoms. The zero-order chi connectivity index (χ0) is 46.1. The van der Waals surface area contributed by atoms with E-state index >= 15 is 8.78 Å². The molecule has 4 unspecified atom stereocenters. The number of H-pyrrole nitrogens is 2. The highest BCUT2D eigenvalue weighted by molar-refractivity contribution is 5.89. The van der Waals surface area contributed by atoms with Crippen LogP contribution in [0.25, 0.3) is 44.5 Å². The Labute approximate surface area is 376 Å². The van der Waals surface area contributed by atoms with Gasteiger partial charge in [0.25, 0.3) is 5.92 Å². The number of alkyl halides is 2. The van der Waals surface area contributed by atoms with E-state index in [1.807, 2.05) is 62.9 Å². The monoisotopic (exact) mass is 890 g/mol. The van der Waals surface area contributed by atoms with E-state index in [4.69, 9.17) is 14.5 Å². The molecule has 5 aromatic rings. The molecule has 4 amide bonds. The molecule has 16 heteroatoms. The highest BCUT2D eigenvalue weighted by atomic mass is 19.3. The Morgan fingerprint density at radius 1 is 0.800 bits per heavy atom. The van der Waals surface area contributed by atoms with E-state index in [-0.39, 0.29) is 64.7 Å². The number of ether oxygens (including phenoxy) is 2. The summed E-state index contributed by atoms with van der Waals surface area (Å²) < 4.78 is 42.9. The molecule has 2 bridgehead atoms. The van der Waals surface area contributed by atoms with Gasteiger partial charge >= 0.3 is 12.2 Å². The third-order valence-corrected chi connectivity index (χ3v) is 14.2. The minimum Gasteiger partial charge on any atom is -0.453 e. The summed E-state index contributed by atoms with van der Waals surface area (Å²) in [6.07, 6.45) is 4.52. The Kier molecular flexibility index (Phi) is 11.4. The van der Waals surface area contributed by atoms with Crippen LogP contribution in [0.4, 0.5) is 18.4 Å². The van der Waals surface area contributed by atoms with Crippen LogP contribution >= 0.6 is 0 Å². The van der Waals surface area contributed by atoms with Gasteiger partial charge in [0, 0.05) is 29.3 Å². The molecule has 14 nitrogen and oxygen atoms in total. The molecule has 4 aliphatic rings. The van der Waals surface area contributed by atoms with Gasteiger partial charge in [-0.25, -0.2) is 19.6 Å². The van der Waals surface area contributed by atoms with E-state index in [0.29, 0.717) is 58.1 Å². The van der Waals surface area contributed by atoms with Gasteiger partial charge in [-0.1, -0.05) is 71.4 Å². The highest BCUT2D eigenvalue weighted by Gasteiger charge is 2.52. The van der Waals surface area contributed by atoms with Gasteiger partial charge in [-0.2, -0.15) is 8.78 Å². The molecular weight excluding hydrogens is 835 g/mol. The number of imidazole rings is 2. The molecule has 4 N–H and O–H groups in total. The summed E-state index contributed by atoms with van der Waals surface area (Å²) >= 11 is 0. The van der Waals surface area contributed by atoms with Crippen molar-refractivity contribution in [2.45, 2.75) is 103 Å². The highest BCUT2D eigenvalue weighted by Crippen LogP contribution is 2.53. The summed E-state index contributed by atoms with van der Waals surface area (Å²) in [5.74, 6) is -2.37. The molecule has 1 saturated carbocycles. The van der Waals surface area contributed by atoms with E-state index in [1.54, 1.807) is 29.3 Å². The van der Waals surface area contributed by atoms with Crippen molar-refractivity contribution in [1.82, 2.24) is 40.4 Å². The van der Waals surface area contributed by atoms with Crippen molar-refractivity contribution in [2.24, 2.45) is 23.7 Å². The molecule has 2 aromatic heterocycles. The lowest BCUT2D eigenvalue weighted by atomic mass is 9.95. The standard InChI is InChI=1S/C49H56F2N8O6/c1-8-26-17-39(58(23-26)45(60)40(24(2)3)56-47(62)64-6)43-52-22-38(55-43)29-11-15-33-32-14-10-27(19-34(32)49(50,51)35(33)20-29)28-12-16-36-37(21-28)54-44(53-36)42-30-9-13-31(18-30)59(42)46(61)41(25(4)5)57-48(63)65-7/h10-12,14-16,19-22,24-26,30-31,39-42H,8-9,13,17-18,23H2,1-7H3,(H,52,55)(H,53,54)(H,56,62)(H,57,63)/t26?,30-,31+,39?,40?,41-,42?/m0/s1. The van der Waals surface area contributed by atoms with Crippen LogP contribution in [-0.2, 0) is 25.0 Å². The first kappa shape index (κ1) is 43.9. The number of carbonyl (C=O) groups excluding carboxylic acids is 4. The molecule has 0 radical (unpaired) electrons. The number of aromatic amines is 2. The minimum atomic E-state index is -3.29. The van der Waals surface area contributed by atoms with Gasteiger partial charge in [-0.15, -0.1) is 0 Å². The number of hydrogen-bond acceptors (Lipinski definition) is 8. The van der Waals surface area contributed by atoms with Crippen molar-refractivity contribution in [3.05, 3.63) is 83.6 Å². The Morgan fingerprint density at radius 2 is 1.42 bits per heavy atom. The van der Waals surface area contributed by atoms with Crippen molar-refractivity contribution in [1.29, 1.82) is 0 Å². The second kappa shape index (κ2) is 16.9. The van der Waals surface area contributed by atoms with Crippen molar-refractivity contribution in [3.63, 3.8) is 0 Å². The number of likely N-dealkylation sites (tertiary alicyclic amines) is 2. The number of piperidine rings is 1. The molecule has 2 aliphatic heterocycles. The second-order valence-corrected chi connectivity index (χ2v) is 18.8. The molecule has 9 rings (SSSR count). The van der Waals surface area contributed by atoms with Crippen LogP contribution < -0.4 is 10.6 Å². The zero-order valence-corrected chi connectivity index (χ0v) is 37.7. The number of amides is 4. The molecule has 342 valence electrons. The Bertz CT molecular complexity index is 2680. The minimum absolute atomic E-state index is 0.0443. The van der Waals surface area contributed by atoms with Crippen LogP contribution in [-0.4, -0.2) is 92.6 Å². The molecule has 3 aromatic carbocycles. The van der Waals surface area contributed by atoms with Crippen LogP contribution in [0.15, 0.2) is 60.8 Å². The molecule has 7 atom stereocenters. The van der Waals surface area contributed by atoms with Crippen LogP contribution in [0.2, 0.25) is 0 Å². The maximum absolute atomic E-state index is 16.7. The first-order valence-corrected chi connectivity index (χ1v) is 22.7. The van der Waals surface area contributed by atoms with Crippen LogP contribution in [0.5, 0.6) is 0 Å². The normalized spacial score (nSPS) is 22.6. The largest absolute Gasteiger partial charge is 0.453 e. The molecular formula is C49H56F2N8O6. The fourth-order valence-corrected chi connectivity index (χ4v) is 10.7. The molecule has 4 heterocycles. The van der Waals surface area contributed by atoms with Crippen LogP contribution in [0.1, 0.15) is 102 Å². The number of halogens is 2. The predicted molar refractivity (Wildman–Crippen MR) is 239 cm³/mol. The number of aromatic nitrogens is 4. The topological polar surface area (TPSA) is 175 Å². The number of hydrogen-bond donors (Lipinski definition) is 4. The first-order valence-electron chi connectivity index (χ1n) is 22.7. The number of alkyl carbamates (subject to hydrolysis) is 2. The number of nitrogens with zero attached hydrogens (tertiary/aromatic N) is 4. The summed E-state index contributed by atoms with van der Waals surface area (Å²) in [6.45, 7) is 10.1. The Hall–Kier alpha value is -6.32. The van der Waals surface area contributed by atoms with Crippen molar-refractivity contribution >= 4 is 35.0 Å². The number of rotatable bonds is 11. The number of nitrogens with one attached hydrogen (secondary N) is 4. The summed E-state index contributed by atoms with van der Waals surface area (Å²) in [4.78, 5) is 72.4. The summed E-state index contributed by atoms with van der Waals surface area (Å²) in [7, 11) is 2.54. The third kappa shape index (κ3) is 7.67. The average Bonchev–Trinajstić information content (AvgIpc) is 4.17. The van der Waals surface area contributed by atoms with Crippen LogP contribution in [0.3, 0.4) is 0 Å². The van der Waals surface area contributed by atoms with Crippen molar-refractivity contribution in [2.75, 3.05) is 20.8 Å². The maximum Gasteiger partial charge on any atom is 0.407 e. The number of benzene rings is 3. The third-order valence-electron chi connectivity index (χ3n) is 14.2. The zero-order valence-electron chi connectivity index (χ0n) is 37.7. The maximum atomic E-state index is 16.7. The van der Waals surface area contributed by atoms with Crippen molar-refractivity contribution in [3.8, 4) is 33.5 Å². The van der Waals surface area contributed by atoms with Gasteiger partial charge in [-0.3, -0.25) is 9.59 Å². The van der Waals surface area contributed by atoms with Gasteiger partial charge in [-0.05, 0) is 95.9 Å². The molecule has 3 fully saturated rings. The lowest BCUT2D eigenvalue weighted by Crippen LogP contribution is -2.54. The van der Waals surface area contributed by atoms with E-state index in [2.05, 4.69) is 32.5 Å². The van der Waals surface area contributed by atoms with Crippen LogP contribution in [0, 0.1) is 23.7 Å². The van der Waals surface area contributed by atoms with Crippen molar-refractivity contribution < 1.29 is 37.4 Å². The molecule has 2 aliphatic carbocycles. The van der Waals surface area contributed by atoms with E-state index in [1.165, 1.54) is 20.3 Å². The molecule has 65 heavy (non-hydrogen) atoms. The lowest BCUT2D eigenvalue weighted by molar-refractivity contribution is -0.139. The Balaban J connectivity index is 0.959. The summed E-state index contributed by atoms with van der Waals surface area (Å²) in [5, 5.41) is 5.42. The van der Waals surface area contributed by atoms with Gasteiger partial charge in [0.1, 0.15) is 23.7 Å². The van der Waals surface area contributed by atoms with Gasteiger partial charge in [0.2, 0.25) is 11.8 Å². The molecule has 2 saturated heterocycles. The fraction of sp³-hybridized carbons (Fsp3) is 0.469. The van der Waals surface area contributed by atoms with E-state index in [0.717, 1.165) is 36.8 Å². The second-order valence-electron chi connectivity index (χ2n) is 18.8. The lowest BCUT2D eigenvalue weighted by Gasteiger charge is -2.37. The smallest absolute Gasteiger partial charge is 0.407 e. The van der Waals surface area contributed by atoms with E-state index < -0.39 is 30.2 Å². The number of methoxy groups -OCH3 is 2. The average molecular weight is 891 g/mol. The Morgan fingerprint density at radius 3 is 2.06 bits per heavy atom. The summed E-state index contributed by atoms with van der Waals surface area (Å²) in [5.41, 5.74) is 4.62.